The average molecular weight is 291 g/mol. The molecule has 1 aliphatic heterocycles. The molecule has 2 heterocycles. The summed E-state index contributed by atoms with van der Waals surface area (Å²) in [5, 5.41) is 0. The van der Waals surface area contributed by atoms with E-state index in [0.29, 0.717) is 0 Å². The summed E-state index contributed by atoms with van der Waals surface area (Å²) in [5.74, 6) is 0. The summed E-state index contributed by atoms with van der Waals surface area (Å²) >= 11 is 0. The number of likely N-dealkylation sites (tertiary alicyclic amines) is 1. The Balaban J connectivity index is 1.97. The van der Waals surface area contributed by atoms with Gasteiger partial charge in [-0.15, -0.1) is 0 Å². The molecule has 21 heavy (non-hydrogen) atoms. The summed E-state index contributed by atoms with van der Waals surface area (Å²) in [6.45, 7) is 7.28. The normalized spacial score (nSPS) is 18.7. The second-order valence-electron chi connectivity index (χ2n) is 6.56. The molecule has 116 valence electrons. The lowest BCUT2D eigenvalue weighted by Crippen LogP contribution is -2.44. The van der Waals surface area contributed by atoms with Gasteiger partial charge >= 0.3 is 6.09 Å². The van der Waals surface area contributed by atoms with Crippen molar-refractivity contribution in [2.45, 2.75) is 45.3 Å². The molecule has 1 aromatic heterocycles. The number of rotatable bonds is 3. The predicted molar refractivity (Wildman–Crippen MR) is 83.5 cm³/mol. The lowest BCUT2D eigenvalue weighted by molar-refractivity contribution is 0.0232. The van der Waals surface area contributed by atoms with Crippen LogP contribution in [0.15, 0.2) is 24.5 Å². The summed E-state index contributed by atoms with van der Waals surface area (Å²) in [7, 11) is 2.03. The SMILES string of the molecule is CN(C[C@@H]1CCCN1C(=O)OC(C)(C)C)c1cccnc1. The summed E-state index contributed by atoms with van der Waals surface area (Å²) in [5.41, 5.74) is 0.618. The van der Waals surface area contributed by atoms with Crippen molar-refractivity contribution < 1.29 is 9.53 Å². The van der Waals surface area contributed by atoms with Gasteiger partial charge in [0.15, 0.2) is 0 Å². The standard InChI is InChI=1S/C16H25N3O2/c1-16(2,3)21-15(20)19-10-6-8-14(19)12-18(4)13-7-5-9-17-11-13/h5,7,9,11,14H,6,8,10,12H2,1-4H3/t14-/m0/s1. The number of anilines is 1. The van der Waals surface area contributed by atoms with E-state index >= 15 is 0 Å². The molecule has 5 nitrogen and oxygen atoms in total. The van der Waals surface area contributed by atoms with E-state index in [1.807, 2.05) is 51.0 Å². The molecule has 0 radical (unpaired) electrons. The Morgan fingerprint density at radius 1 is 1.52 bits per heavy atom. The van der Waals surface area contributed by atoms with Gasteiger partial charge in [0.1, 0.15) is 5.60 Å². The Morgan fingerprint density at radius 2 is 2.29 bits per heavy atom. The summed E-state index contributed by atoms with van der Waals surface area (Å²) in [6.07, 6.45) is 5.45. The number of likely N-dealkylation sites (N-methyl/N-ethyl adjacent to an activating group) is 1. The first kappa shape index (κ1) is 15.6. The number of hydrogen-bond acceptors (Lipinski definition) is 4. The number of carbonyl (C=O) groups is 1. The molecule has 0 unspecified atom stereocenters. The Bertz CT molecular complexity index is 470. The average Bonchev–Trinajstić information content (AvgIpc) is 2.86. The van der Waals surface area contributed by atoms with Crippen LogP contribution in [-0.4, -0.2) is 47.8 Å². The second kappa shape index (κ2) is 6.33. The van der Waals surface area contributed by atoms with Crippen molar-refractivity contribution in [1.82, 2.24) is 9.88 Å². The zero-order valence-corrected chi connectivity index (χ0v) is 13.4. The first-order chi connectivity index (χ1) is 9.87. The Hall–Kier alpha value is -1.78. The minimum atomic E-state index is -0.445. The minimum absolute atomic E-state index is 0.199. The molecular formula is C16H25N3O2. The van der Waals surface area contributed by atoms with Gasteiger partial charge in [0.05, 0.1) is 17.9 Å². The molecule has 2 rings (SSSR count). The molecule has 5 heteroatoms. The molecule has 1 aromatic rings. The van der Waals surface area contributed by atoms with Crippen LogP contribution in [-0.2, 0) is 4.74 Å². The monoisotopic (exact) mass is 291 g/mol. The van der Waals surface area contributed by atoms with Gasteiger partial charge in [0.2, 0.25) is 0 Å². The van der Waals surface area contributed by atoms with Crippen molar-refractivity contribution in [2.24, 2.45) is 0 Å². The van der Waals surface area contributed by atoms with Crippen molar-refractivity contribution in [3.8, 4) is 0 Å². The van der Waals surface area contributed by atoms with Crippen molar-refractivity contribution >= 4 is 11.8 Å². The van der Waals surface area contributed by atoms with E-state index in [-0.39, 0.29) is 12.1 Å². The van der Waals surface area contributed by atoms with Crippen molar-refractivity contribution in [3.05, 3.63) is 24.5 Å². The van der Waals surface area contributed by atoms with Crippen LogP contribution < -0.4 is 4.90 Å². The van der Waals surface area contributed by atoms with Crippen molar-refractivity contribution in [1.29, 1.82) is 0 Å². The first-order valence-electron chi connectivity index (χ1n) is 7.47. The fourth-order valence-corrected chi connectivity index (χ4v) is 2.59. The fraction of sp³-hybridized carbons (Fsp3) is 0.625. The Morgan fingerprint density at radius 3 is 2.90 bits per heavy atom. The summed E-state index contributed by atoms with van der Waals surface area (Å²) in [4.78, 5) is 20.4. The van der Waals surface area contributed by atoms with Crippen molar-refractivity contribution in [3.63, 3.8) is 0 Å². The zero-order valence-electron chi connectivity index (χ0n) is 13.4. The number of pyridine rings is 1. The molecule has 1 saturated heterocycles. The molecule has 0 aliphatic carbocycles. The van der Waals surface area contributed by atoms with Gasteiger partial charge in [-0.3, -0.25) is 4.98 Å². The van der Waals surface area contributed by atoms with Gasteiger partial charge in [-0.25, -0.2) is 4.79 Å². The number of aromatic nitrogens is 1. The first-order valence-corrected chi connectivity index (χ1v) is 7.47. The lowest BCUT2D eigenvalue weighted by atomic mass is 10.2. The van der Waals surface area contributed by atoms with E-state index in [2.05, 4.69) is 9.88 Å². The van der Waals surface area contributed by atoms with E-state index in [0.717, 1.165) is 31.6 Å². The third kappa shape index (κ3) is 4.34. The van der Waals surface area contributed by atoms with Gasteiger partial charge in [-0.1, -0.05) is 0 Å². The zero-order chi connectivity index (χ0) is 15.5. The molecule has 1 fully saturated rings. The number of ether oxygens (including phenoxy) is 1. The fourth-order valence-electron chi connectivity index (χ4n) is 2.59. The number of carbonyl (C=O) groups excluding carboxylic acids is 1. The Labute approximate surface area is 126 Å². The van der Waals surface area contributed by atoms with Crippen LogP contribution in [0.25, 0.3) is 0 Å². The van der Waals surface area contributed by atoms with E-state index in [9.17, 15) is 4.79 Å². The molecule has 1 aliphatic rings. The lowest BCUT2D eigenvalue weighted by Gasteiger charge is -2.31. The maximum atomic E-state index is 12.3. The predicted octanol–water partition coefficient (Wildman–Crippen LogP) is 2.92. The van der Waals surface area contributed by atoms with Gasteiger partial charge in [0, 0.05) is 26.3 Å². The van der Waals surface area contributed by atoms with Crippen LogP contribution in [0, 0.1) is 0 Å². The van der Waals surface area contributed by atoms with E-state index < -0.39 is 5.60 Å². The highest BCUT2D eigenvalue weighted by Crippen LogP contribution is 2.22. The van der Waals surface area contributed by atoms with Crippen molar-refractivity contribution in [2.75, 3.05) is 25.0 Å². The molecular weight excluding hydrogens is 266 g/mol. The van der Waals surface area contributed by atoms with Gasteiger partial charge < -0.3 is 14.5 Å². The number of amides is 1. The highest BCUT2D eigenvalue weighted by molar-refractivity contribution is 5.69. The quantitative estimate of drug-likeness (QED) is 0.859. The molecule has 1 atom stereocenters. The highest BCUT2D eigenvalue weighted by atomic mass is 16.6. The maximum Gasteiger partial charge on any atom is 0.410 e. The highest BCUT2D eigenvalue weighted by Gasteiger charge is 2.32. The summed E-state index contributed by atoms with van der Waals surface area (Å²) in [6, 6.07) is 4.15. The van der Waals surface area contributed by atoms with Gasteiger partial charge in [-0.2, -0.15) is 0 Å². The minimum Gasteiger partial charge on any atom is -0.444 e. The number of hydrogen-bond donors (Lipinski definition) is 0. The van der Waals surface area contributed by atoms with Crippen LogP contribution in [0.2, 0.25) is 0 Å². The summed E-state index contributed by atoms with van der Waals surface area (Å²) < 4.78 is 5.50. The van der Waals surface area contributed by atoms with E-state index in [1.165, 1.54) is 0 Å². The molecule has 0 bridgehead atoms. The van der Waals surface area contributed by atoms with E-state index in [1.54, 1.807) is 6.20 Å². The van der Waals surface area contributed by atoms with E-state index in [4.69, 9.17) is 4.74 Å². The largest absolute Gasteiger partial charge is 0.444 e. The third-order valence-electron chi connectivity index (χ3n) is 3.58. The molecule has 1 amide bonds. The van der Waals surface area contributed by atoms with Gasteiger partial charge in [-0.05, 0) is 45.7 Å². The van der Waals surface area contributed by atoms with Crippen LogP contribution in [0.5, 0.6) is 0 Å². The maximum absolute atomic E-state index is 12.3. The second-order valence-corrected chi connectivity index (χ2v) is 6.56. The van der Waals surface area contributed by atoms with Gasteiger partial charge in [0.25, 0.3) is 0 Å². The number of nitrogens with zero attached hydrogens (tertiary/aromatic N) is 3. The molecule has 0 spiro atoms. The topological polar surface area (TPSA) is 45.7 Å². The van der Waals surface area contributed by atoms with Crippen LogP contribution in [0.4, 0.5) is 10.5 Å². The molecule has 0 aromatic carbocycles. The van der Waals surface area contributed by atoms with Crippen LogP contribution in [0.3, 0.4) is 0 Å². The Kier molecular flexibility index (Phi) is 4.70. The smallest absolute Gasteiger partial charge is 0.410 e. The molecule has 0 N–H and O–H groups in total. The van der Waals surface area contributed by atoms with Crippen LogP contribution >= 0.6 is 0 Å². The van der Waals surface area contributed by atoms with Crippen LogP contribution in [0.1, 0.15) is 33.6 Å². The third-order valence-corrected chi connectivity index (χ3v) is 3.58. The molecule has 0 saturated carbocycles.